The van der Waals surface area contributed by atoms with E-state index in [2.05, 4.69) is 10.1 Å². The maximum absolute atomic E-state index is 12.9. The molecule has 2 rings (SSSR count). The second kappa shape index (κ2) is 8.42. The Morgan fingerprint density at radius 1 is 1.21 bits per heavy atom. The lowest BCUT2D eigenvalue weighted by Gasteiger charge is -2.27. The van der Waals surface area contributed by atoms with Crippen LogP contribution in [0.15, 0.2) is 24.5 Å². The third-order valence-electron chi connectivity index (χ3n) is 3.55. The van der Waals surface area contributed by atoms with Crippen LogP contribution in [0.5, 0.6) is 5.75 Å². The van der Waals surface area contributed by atoms with Crippen LogP contribution in [0.4, 0.5) is 16.4 Å². The van der Waals surface area contributed by atoms with Crippen molar-refractivity contribution < 1.29 is 23.9 Å². The third kappa shape index (κ3) is 6.47. The summed E-state index contributed by atoms with van der Waals surface area (Å²) in [5, 5.41) is 14.2. The molecular formula is C19H29BN4O5. The van der Waals surface area contributed by atoms with E-state index in [1.54, 1.807) is 80.0 Å². The number of hydrogen-bond acceptors (Lipinski definition) is 7. The summed E-state index contributed by atoms with van der Waals surface area (Å²) in [5.74, 6) is 1.04. The van der Waals surface area contributed by atoms with Crippen molar-refractivity contribution in [3.05, 3.63) is 30.1 Å². The molecule has 0 aliphatic heterocycles. The van der Waals surface area contributed by atoms with E-state index in [9.17, 15) is 9.82 Å². The zero-order chi connectivity index (χ0) is 22.0. The number of carbonyl (C=O) groups excluding carboxylic acids is 1. The molecule has 0 aliphatic carbocycles. The van der Waals surface area contributed by atoms with Gasteiger partial charge in [-0.2, -0.15) is 5.10 Å². The Bertz CT molecular complexity index is 857. The number of nitrogens with zero attached hydrogens (tertiary/aromatic N) is 4. The van der Waals surface area contributed by atoms with E-state index in [-0.39, 0.29) is 5.82 Å². The summed E-state index contributed by atoms with van der Waals surface area (Å²) in [5.41, 5.74) is -0.630. The van der Waals surface area contributed by atoms with Gasteiger partial charge < -0.3 is 19.1 Å². The van der Waals surface area contributed by atoms with Gasteiger partial charge in [-0.05, 0) is 48.5 Å². The van der Waals surface area contributed by atoms with Gasteiger partial charge in [-0.15, -0.1) is 0 Å². The number of hydrogen-bond donors (Lipinski definition) is 1. The number of ether oxygens (including phenoxy) is 1. The van der Waals surface area contributed by atoms with Crippen LogP contribution in [0, 0.1) is 6.92 Å². The van der Waals surface area contributed by atoms with Gasteiger partial charge in [-0.3, -0.25) is 4.68 Å². The summed E-state index contributed by atoms with van der Waals surface area (Å²) in [6, 6.07) is 3.21. The average Bonchev–Trinajstić information content (AvgIpc) is 2.93. The molecule has 2 aromatic heterocycles. The van der Waals surface area contributed by atoms with Crippen molar-refractivity contribution in [1.29, 1.82) is 0 Å². The molecule has 0 unspecified atom stereocenters. The molecular weight excluding hydrogens is 375 g/mol. The molecule has 9 nitrogen and oxygen atoms in total. The first kappa shape index (κ1) is 22.7. The van der Waals surface area contributed by atoms with Gasteiger partial charge in [0.2, 0.25) is 0 Å². The lowest BCUT2D eigenvalue weighted by Crippen LogP contribution is -2.36. The number of pyridine rings is 1. The topological polar surface area (TPSA) is 98.9 Å². The summed E-state index contributed by atoms with van der Waals surface area (Å²) in [6.07, 6.45) is 2.50. The molecule has 0 radical (unpaired) electrons. The second-order valence-electron chi connectivity index (χ2n) is 8.59. The van der Waals surface area contributed by atoms with Gasteiger partial charge in [-0.25, -0.2) is 14.7 Å². The number of anilines is 2. The lowest BCUT2D eigenvalue weighted by atomic mass is 10.1. The fraction of sp³-hybridized carbons (Fsp3) is 0.526. The van der Waals surface area contributed by atoms with Gasteiger partial charge in [0.1, 0.15) is 23.0 Å². The minimum absolute atomic E-state index is 0.256. The van der Waals surface area contributed by atoms with E-state index in [0.29, 0.717) is 17.1 Å². The molecule has 2 heterocycles. The fourth-order valence-electron chi connectivity index (χ4n) is 2.38. The lowest BCUT2D eigenvalue weighted by molar-refractivity contribution is 0.0595. The van der Waals surface area contributed by atoms with Crippen molar-refractivity contribution in [2.24, 2.45) is 7.05 Å². The number of aryl methyl sites for hydroxylation is 2. The van der Waals surface area contributed by atoms with Crippen LogP contribution >= 0.6 is 0 Å². The largest absolute Gasteiger partial charge is 0.710 e. The predicted molar refractivity (Wildman–Crippen MR) is 110 cm³/mol. The second-order valence-corrected chi connectivity index (χ2v) is 8.59. The van der Waals surface area contributed by atoms with Crippen LogP contribution in [0.25, 0.3) is 0 Å². The summed E-state index contributed by atoms with van der Waals surface area (Å²) in [4.78, 5) is 18.6. The summed E-state index contributed by atoms with van der Waals surface area (Å²) < 4.78 is 18.0. The molecule has 0 saturated heterocycles. The van der Waals surface area contributed by atoms with Crippen LogP contribution < -0.4 is 9.55 Å². The minimum Gasteiger partial charge on any atom is -0.512 e. The molecule has 0 atom stereocenters. The van der Waals surface area contributed by atoms with Crippen molar-refractivity contribution in [3.8, 4) is 5.75 Å². The summed E-state index contributed by atoms with van der Waals surface area (Å²) in [7, 11) is 0.231. The smallest absolute Gasteiger partial charge is 0.512 e. The quantitative estimate of drug-likeness (QED) is 0.763. The summed E-state index contributed by atoms with van der Waals surface area (Å²) in [6.45, 7) is 12.5. The molecule has 0 aromatic carbocycles. The molecule has 29 heavy (non-hydrogen) atoms. The van der Waals surface area contributed by atoms with Crippen LogP contribution in [-0.4, -0.2) is 44.4 Å². The van der Waals surface area contributed by atoms with Crippen molar-refractivity contribution in [2.75, 3.05) is 4.90 Å². The monoisotopic (exact) mass is 404 g/mol. The van der Waals surface area contributed by atoms with E-state index in [4.69, 9.17) is 14.0 Å². The van der Waals surface area contributed by atoms with Crippen LogP contribution in [-0.2, 0) is 16.4 Å². The number of carbonyl (C=O) groups is 1. The number of aromatic nitrogens is 3. The van der Waals surface area contributed by atoms with Crippen LogP contribution in [0.1, 0.15) is 47.1 Å². The first-order chi connectivity index (χ1) is 13.3. The van der Waals surface area contributed by atoms with Gasteiger partial charge in [0, 0.05) is 36.5 Å². The maximum atomic E-state index is 12.9. The normalized spacial score (nSPS) is 11.9. The number of rotatable bonds is 5. The van der Waals surface area contributed by atoms with Gasteiger partial charge in [0.05, 0.1) is 6.20 Å². The third-order valence-corrected chi connectivity index (χ3v) is 3.55. The Kier molecular flexibility index (Phi) is 6.59. The summed E-state index contributed by atoms with van der Waals surface area (Å²) >= 11 is 0. The van der Waals surface area contributed by atoms with E-state index in [1.165, 1.54) is 9.58 Å². The van der Waals surface area contributed by atoms with Crippen LogP contribution in [0.3, 0.4) is 0 Å². The zero-order valence-corrected chi connectivity index (χ0v) is 18.3. The highest BCUT2D eigenvalue weighted by Crippen LogP contribution is 2.30. The molecule has 0 saturated carbocycles. The molecule has 0 spiro atoms. The molecule has 158 valence electrons. The number of amides is 1. The molecule has 0 aliphatic rings. The molecule has 10 heteroatoms. The van der Waals surface area contributed by atoms with Gasteiger partial charge in [0.15, 0.2) is 0 Å². The highest BCUT2D eigenvalue weighted by molar-refractivity contribution is 6.35. The molecule has 1 amide bonds. The highest BCUT2D eigenvalue weighted by Gasteiger charge is 2.30. The van der Waals surface area contributed by atoms with E-state index >= 15 is 0 Å². The first-order valence-electron chi connectivity index (χ1n) is 9.27. The van der Waals surface area contributed by atoms with E-state index in [0.717, 1.165) is 0 Å². The van der Waals surface area contributed by atoms with Gasteiger partial charge in [0.25, 0.3) is 0 Å². The Hall–Kier alpha value is -2.59. The molecule has 0 fully saturated rings. The fourth-order valence-corrected chi connectivity index (χ4v) is 2.38. The first-order valence-corrected chi connectivity index (χ1v) is 9.27. The maximum Gasteiger partial charge on any atom is 0.710 e. The predicted octanol–water partition coefficient (Wildman–Crippen LogP) is 3.37. The average molecular weight is 404 g/mol. The zero-order valence-electron chi connectivity index (χ0n) is 18.3. The Morgan fingerprint density at radius 3 is 2.38 bits per heavy atom. The Morgan fingerprint density at radius 2 is 1.86 bits per heavy atom. The van der Waals surface area contributed by atoms with Crippen molar-refractivity contribution in [1.82, 2.24) is 14.8 Å². The molecule has 2 aromatic rings. The Balaban J connectivity index is 2.41. The molecule has 0 bridgehead atoms. The van der Waals surface area contributed by atoms with E-state index < -0.39 is 24.6 Å². The van der Waals surface area contributed by atoms with Gasteiger partial charge >= 0.3 is 13.4 Å². The minimum atomic E-state index is -1.48. The SMILES string of the molecule is Cc1cnc(N(C(=O)OC(C)(C)C)c2ccnn2C)cc1OB(O)OC(C)(C)C. The van der Waals surface area contributed by atoms with E-state index in [1.807, 2.05) is 0 Å². The van der Waals surface area contributed by atoms with Crippen molar-refractivity contribution in [2.45, 2.75) is 59.7 Å². The Labute approximate surface area is 171 Å². The van der Waals surface area contributed by atoms with Gasteiger partial charge in [-0.1, -0.05) is 0 Å². The van der Waals surface area contributed by atoms with Crippen molar-refractivity contribution in [3.63, 3.8) is 0 Å². The van der Waals surface area contributed by atoms with Crippen LogP contribution in [0.2, 0.25) is 0 Å². The standard InChI is InChI=1S/C19H29BN4O5/c1-13-12-21-15(11-14(13)28-20(26)29-19(5,6)7)24(16-9-10-22-23(16)8)17(25)27-18(2,3)4/h9-12,26H,1-8H3. The van der Waals surface area contributed by atoms with Crippen molar-refractivity contribution >= 4 is 25.1 Å². The highest BCUT2D eigenvalue weighted by atomic mass is 16.7. The molecule has 1 N–H and O–H groups in total.